The molecule has 47 heavy (non-hydrogen) atoms. The number of pyridine rings is 1. The van der Waals surface area contributed by atoms with Crippen LogP contribution in [0.5, 0.6) is 0 Å². The minimum atomic E-state index is -0.901. The Labute approximate surface area is 276 Å². The van der Waals surface area contributed by atoms with Crippen molar-refractivity contribution in [3.63, 3.8) is 0 Å². The van der Waals surface area contributed by atoms with Crippen LogP contribution in [0.15, 0.2) is 97.2 Å². The van der Waals surface area contributed by atoms with Crippen LogP contribution in [0.3, 0.4) is 0 Å². The van der Waals surface area contributed by atoms with Crippen LogP contribution in [0, 0.1) is 0 Å². The molecule has 246 valence electrons. The van der Waals surface area contributed by atoms with Crippen LogP contribution < -0.4 is 5.32 Å². The highest BCUT2D eigenvalue weighted by molar-refractivity contribution is 5.77. The molecule has 4 aromatic rings. The molecule has 0 radical (unpaired) electrons. The molecule has 0 aliphatic carbocycles. The SMILES string of the molecule is CN(CCc1ccccn1)CC1CC(c2ccc(CO)cc2)OC(c2ccc(-c3ccccc3CNC(=O)CCCC(=O)O)cc2)O1. The van der Waals surface area contributed by atoms with Crippen LogP contribution in [-0.4, -0.2) is 58.2 Å². The Morgan fingerprint density at radius 1 is 0.915 bits per heavy atom. The number of aromatic nitrogens is 1. The van der Waals surface area contributed by atoms with Crippen LogP contribution in [0.1, 0.15) is 66.0 Å². The van der Waals surface area contributed by atoms with Gasteiger partial charge in [0.15, 0.2) is 6.29 Å². The molecule has 1 saturated heterocycles. The molecule has 5 rings (SSSR count). The molecule has 3 atom stereocenters. The maximum Gasteiger partial charge on any atom is 0.303 e. The number of carbonyl (C=O) groups excluding carboxylic acids is 1. The van der Waals surface area contributed by atoms with Gasteiger partial charge in [-0.1, -0.05) is 78.9 Å². The van der Waals surface area contributed by atoms with E-state index >= 15 is 0 Å². The van der Waals surface area contributed by atoms with Crippen LogP contribution in [-0.2, 0) is 38.6 Å². The standard InChI is InChI=1S/C38H43N3O6/c1-41(22-20-32-8-4-5-21-39-32)25-33-23-35(29-14-12-27(26-42)13-15-29)47-38(46-33)30-18-16-28(17-19-30)34-9-3-2-7-31(34)24-40-36(43)10-6-11-37(44)45/h2-5,7-9,12-19,21,33,35,38,42H,6,10-11,20,22-26H2,1H3,(H,40,43)(H,44,45). The molecular weight excluding hydrogens is 594 g/mol. The van der Waals surface area contributed by atoms with Gasteiger partial charge in [0, 0.05) is 62.8 Å². The van der Waals surface area contributed by atoms with Crippen LogP contribution in [0.25, 0.3) is 11.1 Å². The van der Waals surface area contributed by atoms with Gasteiger partial charge in [0.25, 0.3) is 0 Å². The molecule has 3 unspecified atom stereocenters. The molecule has 0 bridgehead atoms. The Kier molecular flexibility index (Phi) is 12.2. The number of hydrogen-bond donors (Lipinski definition) is 3. The summed E-state index contributed by atoms with van der Waals surface area (Å²) >= 11 is 0. The zero-order chi connectivity index (χ0) is 33.0. The Hall–Kier alpha value is -4.41. The number of carboxylic acid groups (broad SMARTS) is 1. The van der Waals surface area contributed by atoms with E-state index in [1.165, 1.54) is 0 Å². The first-order valence-corrected chi connectivity index (χ1v) is 16.1. The highest BCUT2D eigenvalue weighted by atomic mass is 16.7. The molecule has 3 N–H and O–H groups in total. The van der Waals surface area contributed by atoms with Crippen molar-refractivity contribution in [2.24, 2.45) is 0 Å². The lowest BCUT2D eigenvalue weighted by Gasteiger charge is -2.38. The minimum Gasteiger partial charge on any atom is -0.481 e. The summed E-state index contributed by atoms with van der Waals surface area (Å²) < 4.78 is 13.1. The lowest BCUT2D eigenvalue weighted by molar-refractivity contribution is -0.252. The van der Waals surface area contributed by atoms with E-state index in [0.29, 0.717) is 19.4 Å². The summed E-state index contributed by atoms with van der Waals surface area (Å²) in [6.07, 6.45) is 3.05. The number of aliphatic carboxylic acids is 1. The van der Waals surface area contributed by atoms with Crippen molar-refractivity contribution in [2.45, 2.75) is 63.8 Å². The van der Waals surface area contributed by atoms with Crippen LogP contribution in [0.2, 0.25) is 0 Å². The maximum absolute atomic E-state index is 12.3. The van der Waals surface area contributed by atoms with Crippen molar-refractivity contribution in [3.8, 4) is 11.1 Å². The molecule has 1 aliphatic rings. The monoisotopic (exact) mass is 637 g/mol. The van der Waals surface area contributed by atoms with Crippen molar-refractivity contribution in [1.29, 1.82) is 0 Å². The number of aliphatic hydroxyl groups is 1. The fourth-order valence-electron chi connectivity index (χ4n) is 5.78. The van der Waals surface area contributed by atoms with Crippen molar-refractivity contribution < 1.29 is 29.3 Å². The quantitative estimate of drug-likeness (QED) is 0.149. The predicted octanol–water partition coefficient (Wildman–Crippen LogP) is 5.83. The van der Waals surface area contributed by atoms with Crippen molar-refractivity contribution in [3.05, 3.63) is 125 Å². The summed E-state index contributed by atoms with van der Waals surface area (Å²) in [6.45, 7) is 1.95. The zero-order valence-corrected chi connectivity index (χ0v) is 26.8. The topological polar surface area (TPSA) is 121 Å². The largest absolute Gasteiger partial charge is 0.481 e. The van der Waals surface area contributed by atoms with Gasteiger partial charge in [-0.15, -0.1) is 0 Å². The Morgan fingerprint density at radius 3 is 2.38 bits per heavy atom. The van der Waals surface area contributed by atoms with E-state index in [2.05, 4.69) is 22.2 Å². The summed E-state index contributed by atoms with van der Waals surface area (Å²) in [5, 5.41) is 21.3. The number of nitrogens with one attached hydrogen (secondary N) is 1. The second kappa shape index (κ2) is 16.9. The van der Waals surface area contributed by atoms with Crippen LogP contribution >= 0.6 is 0 Å². The van der Waals surface area contributed by atoms with Gasteiger partial charge in [-0.2, -0.15) is 0 Å². The van der Waals surface area contributed by atoms with Crippen LogP contribution in [0.4, 0.5) is 0 Å². The number of amides is 1. The van der Waals surface area contributed by atoms with Crippen molar-refractivity contribution >= 4 is 11.9 Å². The summed E-state index contributed by atoms with van der Waals surface area (Å²) in [7, 11) is 2.10. The molecular formula is C38H43N3O6. The van der Waals surface area contributed by atoms with E-state index in [9.17, 15) is 14.7 Å². The lowest BCUT2D eigenvalue weighted by Crippen LogP contribution is -2.38. The first-order chi connectivity index (χ1) is 22.9. The van der Waals surface area contributed by atoms with Crippen molar-refractivity contribution in [2.75, 3.05) is 20.1 Å². The minimum absolute atomic E-state index is 0.00410. The number of carboxylic acids is 1. The van der Waals surface area contributed by atoms with Gasteiger partial charge in [-0.05, 0) is 53.4 Å². The second-order valence-electron chi connectivity index (χ2n) is 12.0. The van der Waals surface area contributed by atoms with Gasteiger partial charge in [0.05, 0.1) is 18.8 Å². The third kappa shape index (κ3) is 10.0. The first-order valence-electron chi connectivity index (χ1n) is 16.1. The Bertz CT molecular complexity index is 1580. The average molecular weight is 638 g/mol. The molecule has 2 heterocycles. The van der Waals surface area contributed by atoms with Gasteiger partial charge in [0.2, 0.25) is 5.91 Å². The third-order valence-electron chi connectivity index (χ3n) is 8.39. The predicted molar refractivity (Wildman–Crippen MR) is 179 cm³/mol. The molecule has 9 heteroatoms. The van der Waals surface area contributed by atoms with E-state index in [1.807, 2.05) is 97.2 Å². The Balaban J connectivity index is 1.27. The number of rotatable bonds is 15. The number of benzene rings is 3. The molecule has 3 aromatic carbocycles. The number of nitrogens with zero attached hydrogens (tertiary/aromatic N) is 2. The van der Waals surface area contributed by atoms with E-state index in [1.54, 1.807) is 0 Å². The highest BCUT2D eigenvalue weighted by Gasteiger charge is 2.32. The van der Waals surface area contributed by atoms with E-state index in [-0.39, 0.29) is 37.6 Å². The highest BCUT2D eigenvalue weighted by Crippen LogP contribution is 2.38. The fraction of sp³-hybridized carbons (Fsp3) is 0.342. The molecule has 0 spiro atoms. The second-order valence-corrected chi connectivity index (χ2v) is 12.0. The van der Waals surface area contributed by atoms with Gasteiger partial charge >= 0.3 is 5.97 Å². The maximum atomic E-state index is 12.3. The lowest BCUT2D eigenvalue weighted by atomic mass is 9.97. The van der Waals surface area contributed by atoms with Gasteiger partial charge in [0.1, 0.15) is 0 Å². The van der Waals surface area contributed by atoms with Gasteiger partial charge in [-0.25, -0.2) is 0 Å². The molecule has 1 amide bonds. The number of carbonyl (C=O) groups is 2. The van der Waals surface area contributed by atoms with Crippen molar-refractivity contribution in [1.82, 2.24) is 15.2 Å². The average Bonchev–Trinajstić information content (AvgIpc) is 3.10. The first kappa shape index (κ1) is 33.9. The summed E-state index contributed by atoms with van der Waals surface area (Å²) in [6, 6.07) is 29.9. The van der Waals surface area contributed by atoms with Gasteiger partial charge in [-0.3, -0.25) is 14.6 Å². The molecule has 1 aliphatic heterocycles. The van der Waals surface area contributed by atoms with E-state index < -0.39 is 12.3 Å². The smallest absolute Gasteiger partial charge is 0.303 e. The summed E-state index contributed by atoms with van der Waals surface area (Å²) in [5.41, 5.74) is 6.86. The number of hydrogen-bond acceptors (Lipinski definition) is 7. The molecule has 0 saturated carbocycles. The Morgan fingerprint density at radius 2 is 1.66 bits per heavy atom. The molecule has 9 nitrogen and oxygen atoms in total. The number of likely N-dealkylation sites (N-methyl/N-ethyl adjacent to an activating group) is 1. The van der Waals surface area contributed by atoms with E-state index in [0.717, 1.165) is 58.6 Å². The summed E-state index contributed by atoms with van der Waals surface area (Å²) in [4.78, 5) is 29.8. The number of aliphatic hydroxyl groups excluding tert-OH is 1. The molecule has 1 fully saturated rings. The normalized spacial score (nSPS) is 17.8. The fourth-order valence-corrected chi connectivity index (χ4v) is 5.78. The zero-order valence-electron chi connectivity index (χ0n) is 26.8. The molecule has 1 aromatic heterocycles. The third-order valence-corrected chi connectivity index (χ3v) is 8.39. The number of ether oxygens (including phenoxy) is 2. The van der Waals surface area contributed by atoms with E-state index in [4.69, 9.17) is 14.6 Å². The van der Waals surface area contributed by atoms with Gasteiger partial charge < -0.3 is 29.9 Å². The summed E-state index contributed by atoms with van der Waals surface area (Å²) in [5.74, 6) is -1.07.